The van der Waals surface area contributed by atoms with Crippen molar-refractivity contribution in [2.75, 3.05) is 6.54 Å². The molecule has 1 fully saturated rings. The molecule has 3 nitrogen and oxygen atoms in total. The highest BCUT2D eigenvalue weighted by atomic mass is 19.1. The summed E-state index contributed by atoms with van der Waals surface area (Å²) in [5.41, 5.74) is 2.30. The van der Waals surface area contributed by atoms with E-state index in [1.807, 2.05) is 30.5 Å². The number of rotatable bonds is 6. The maximum Gasteiger partial charge on any atom is 0.127 e. The van der Waals surface area contributed by atoms with Crippen LogP contribution in [0.4, 0.5) is 4.39 Å². The lowest BCUT2D eigenvalue weighted by molar-refractivity contribution is 0.513. The molecule has 3 aromatic rings. The lowest BCUT2D eigenvalue weighted by Crippen LogP contribution is -2.31. The van der Waals surface area contributed by atoms with Gasteiger partial charge in [-0.1, -0.05) is 42.5 Å². The standard InChI is InChI=1S/C20H20FN3/c21-17-8-4-7-16(13-17)20(9-10-20)14-24-18(19-22-11-12-23-19)15-5-2-1-3-6-15/h1-8,11-13,18,24H,9-10,14H2,(H,22,23). The van der Waals surface area contributed by atoms with Crippen LogP contribution in [0.1, 0.15) is 35.8 Å². The fourth-order valence-corrected chi connectivity index (χ4v) is 3.29. The molecule has 122 valence electrons. The Labute approximate surface area is 141 Å². The summed E-state index contributed by atoms with van der Waals surface area (Å²) in [4.78, 5) is 7.63. The van der Waals surface area contributed by atoms with Crippen LogP contribution in [0.2, 0.25) is 0 Å². The molecule has 0 bridgehead atoms. The molecule has 0 saturated heterocycles. The highest BCUT2D eigenvalue weighted by molar-refractivity contribution is 5.33. The van der Waals surface area contributed by atoms with Crippen LogP contribution < -0.4 is 5.32 Å². The molecule has 1 aromatic heterocycles. The predicted molar refractivity (Wildman–Crippen MR) is 92.2 cm³/mol. The number of nitrogens with one attached hydrogen (secondary N) is 2. The van der Waals surface area contributed by atoms with Crippen molar-refractivity contribution in [3.63, 3.8) is 0 Å². The van der Waals surface area contributed by atoms with Crippen molar-refractivity contribution in [3.05, 3.63) is 89.8 Å². The zero-order valence-electron chi connectivity index (χ0n) is 13.4. The van der Waals surface area contributed by atoms with Crippen molar-refractivity contribution in [3.8, 4) is 0 Å². The molecule has 0 radical (unpaired) electrons. The minimum atomic E-state index is -0.163. The molecule has 1 aliphatic carbocycles. The molecular formula is C20H20FN3. The van der Waals surface area contributed by atoms with Gasteiger partial charge in [-0.05, 0) is 36.1 Å². The van der Waals surface area contributed by atoms with E-state index >= 15 is 0 Å². The second kappa shape index (κ2) is 6.21. The maximum absolute atomic E-state index is 13.6. The van der Waals surface area contributed by atoms with Gasteiger partial charge in [0, 0.05) is 24.4 Å². The van der Waals surface area contributed by atoms with Crippen molar-refractivity contribution < 1.29 is 4.39 Å². The number of imidazole rings is 1. The van der Waals surface area contributed by atoms with Gasteiger partial charge in [0.25, 0.3) is 0 Å². The molecule has 4 rings (SSSR count). The number of hydrogen-bond donors (Lipinski definition) is 2. The van der Waals surface area contributed by atoms with E-state index in [2.05, 4.69) is 27.4 Å². The summed E-state index contributed by atoms with van der Waals surface area (Å²) in [5, 5.41) is 3.64. The zero-order chi connectivity index (χ0) is 16.4. The molecular weight excluding hydrogens is 301 g/mol. The SMILES string of the molecule is Fc1cccc(C2(CNC(c3ccccc3)c3ncc[nH]3)CC2)c1. The van der Waals surface area contributed by atoms with Crippen LogP contribution in [0.3, 0.4) is 0 Å². The van der Waals surface area contributed by atoms with Crippen LogP contribution in [0, 0.1) is 5.82 Å². The minimum Gasteiger partial charge on any atom is -0.347 e. The van der Waals surface area contributed by atoms with E-state index in [1.165, 1.54) is 11.6 Å². The smallest absolute Gasteiger partial charge is 0.127 e. The minimum absolute atomic E-state index is 0.00670. The highest BCUT2D eigenvalue weighted by Gasteiger charge is 2.44. The van der Waals surface area contributed by atoms with Gasteiger partial charge >= 0.3 is 0 Å². The average Bonchev–Trinajstić information content (AvgIpc) is 3.21. The van der Waals surface area contributed by atoms with Crippen molar-refractivity contribution in [1.29, 1.82) is 0 Å². The van der Waals surface area contributed by atoms with E-state index in [0.29, 0.717) is 0 Å². The third-order valence-corrected chi connectivity index (χ3v) is 4.86. The number of aromatic nitrogens is 2. The van der Waals surface area contributed by atoms with Gasteiger partial charge in [0.2, 0.25) is 0 Å². The van der Waals surface area contributed by atoms with Crippen molar-refractivity contribution >= 4 is 0 Å². The first kappa shape index (κ1) is 15.1. The Kier molecular flexibility index (Phi) is 3.90. The Morgan fingerprint density at radius 1 is 1.12 bits per heavy atom. The summed E-state index contributed by atoms with van der Waals surface area (Å²) < 4.78 is 13.6. The molecule has 0 amide bonds. The maximum atomic E-state index is 13.6. The normalized spacial score (nSPS) is 16.7. The van der Waals surface area contributed by atoms with Gasteiger partial charge in [-0.2, -0.15) is 0 Å². The highest BCUT2D eigenvalue weighted by Crippen LogP contribution is 2.48. The van der Waals surface area contributed by atoms with E-state index < -0.39 is 0 Å². The van der Waals surface area contributed by atoms with E-state index in [1.54, 1.807) is 18.3 Å². The lowest BCUT2D eigenvalue weighted by Gasteiger charge is -2.22. The summed E-state index contributed by atoms with van der Waals surface area (Å²) in [6.07, 6.45) is 5.78. The number of nitrogens with zero attached hydrogens (tertiary/aromatic N) is 1. The first-order chi connectivity index (χ1) is 11.8. The molecule has 1 unspecified atom stereocenters. The average molecular weight is 321 g/mol. The fraction of sp³-hybridized carbons (Fsp3) is 0.250. The Morgan fingerprint density at radius 3 is 2.62 bits per heavy atom. The van der Waals surface area contributed by atoms with Crippen molar-refractivity contribution in [2.24, 2.45) is 0 Å². The van der Waals surface area contributed by atoms with Gasteiger partial charge < -0.3 is 10.3 Å². The van der Waals surface area contributed by atoms with Gasteiger partial charge in [-0.25, -0.2) is 9.37 Å². The van der Waals surface area contributed by atoms with Crippen molar-refractivity contribution in [2.45, 2.75) is 24.3 Å². The van der Waals surface area contributed by atoms with Gasteiger partial charge in [0.05, 0.1) is 6.04 Å². The summed E-state index contributed by atoms with van der Waals surface area (Å²) in [6.45, 7) is 0.802. The largest absolute Gasteiger partial charge is 0.347 e. The van der Waals surface area contributed by atoms with Crippen LogP contribution >= 0.6 is 0 Å². The summed E-state index contributed by atoms with van der Waals surface area (Å²) in [7, 11) is 0. The van der Waals surface area contributed by atoms with Gasteiger partial charge in [-0.15, -0.1) is 0 Å². The predicted octanol–water partition coefficient (Wildman–Crippen LogP) is 3.96. The molecule has 24 heavy (non-hydrogen) atoms. The van der Waals surface area contributed by atoms with Crippen molar-refractivity contribution in [1.82, 2.24) is 15.3 Å². The van der Waals surface area contributed by atoms with E-state index in [9.17, 15) is 4.39 Å². The van der Waals surface area contributed by atoms with Gasteiger partial charge in [0.15, 0.2) is 0 Å². The van der Waals surface area contributed by atoms with E-state index in [4.69, 9.17) is 0 Å². The molecule has 0 aliphatic heterocycles. The third kappa shape index (κ3) is 2.97. The first-order valence-corrected chi connectivity index (χ1v) is 8.31. The molecule has 1 saturated carbocycles. The lowest BCUT2D eigenvalue weighted by atomic mass is 9.95. The Hall–Kier alpha value is -2.46. The van der Waals surface area contributed by atoms with Crippen LogP contribution in [0.25, 0.3) is 0 Å². The number of halogens is 1. The first-order valence-electron chi connectivity index (χ1n) is 8.31. The molecule has 2 N–H and O–H groups in total. The van der Waals surface area contributed by atoms with Crippen LogP contribution in [0.15, 0.2) is 67.0 Å². The molecule has 0 spiro atoms. The summed E-state index contributed by atoms with van der Waals surface area (Å²) in [5.74, 6) is 0.737. The van der Waals surface area contributed by atoms with Gasteiger partial charge in [0.1, 0.15) is 11.6 Å². The summed E-state index contributed by atoms with van der Waals surface area (Å²) in [6, 6.07) is 17.3. The molecule has 1 aliphatic rings. The van der Waals surface area contributed by atoms with E-state index in [-0.39, 0.29) is 17.3 Å². The number of aromatic amines is 1. The molecule has 4 heteroatoms. The Balaban J connectivity index is 1.56. The Morgan fingerprint density at radius 2 is 1.96 bits per heavy atom. The summed E-state index contributed by atoms with van der Waals surface area (Å²) >= 11 is 0. The quantitative estimate of drug-likeness (QED) is 0.721. The van der Waals surface area contributed by atoms with E-state index in [0.717, 1.165) is 30.8 Å². The number of hydrogen-bond acceptors (Lipinski definition) is 2. The van der Waals surface area contributed by atoms with Gasteiger partial charge in [-0.3, -0.25) is 0 Å². The molecule has 1 heterocycles. The third-order valence-electron chi connectivity index (χ3n) is 4.86. The molecule has 2 aromatic carbocycles. The number of H-pyrrole nitrogens is 1. The second-order valence-corrected chi connectivity index (χ2v) is 6.49. The molecule has 1 atom stereocenters. The van der Waals surface area contributed by atoms with Crippen LogP contribution in [-0.4, -0.2) is 16.5 Å². The topological polar surface area (TPSA) is 40.7 Å². The van der Waals surface area contributed by atoms with Crippen LogP contribution in [0.5, 0.6) is 0 Å². The Bertz CT molecular complexity index is 795. The monoisotopic (exact) mass is 321 g/mol. The second-order valence-electron chi connectivity index (χ2n) is 6.49. The number of benzene rings is 2. The zero-order valence-corrected chi connectivity index (χ0v) is 13.4. The van der Waals surface area contributed by atoms with Crippen LogP contribution in [-0.2, 0) is 5.41 Å². The fourth-order valence-electron chi connectivity index (χ4n) is 3.29.